The number of nitrogens with zero attached hydrogens (tertiary/aromatic N) is 4. The first-order valence-corrected chi connectivity index (χ1v) is 12.2. The number of alkyl halides is 2. The normalized spacial score (nSPS) is 16.1. The summed E-state index contributed by atoms with van der Waals surface area (Å²) in [6.07, 6.45) is 1.65. The fourth-order valence-corrected chi connectivity index (χ4v) is 4.18. The number of halogens is 3. The smallest absolute Gasteiger partial charge is 0.318 e. The Morgan fingerprint density at radius 1 is 1.23 bits per heavy atom. The zero-order valence-electron chi connectivity index (χ0n) is 21.5. The van der Waals surface area contributed by atoms with Gasteiger partial charge in [0.2, 0.25) is 0 Å². The maximum atomic E-state index is 14.1. The number of hydrogen-bond acceptors (Lipinski definition) is 8. The van der Waals surface area contributed by atoms with Crippen LogP contribution in [0.5, 0.6) is 0 Å². The van der Waals surface area contributed by atoms with E-state index in [9.17, 15) is 27.6 Å². The number of urea groups is 1. The zero-order valence-corrected chi connectivity index (χ0v) is 21.5. The van der Waals surface area contributed by atoms with Crippen molar-refractivity contribution in [1.29, 1.82) is 0 Å². The van der Waals surface area contributed by atoms with E-state index >= 15 is 0 Å². The number of pyridine rings is 1. The summed E-state index contributed by atoms with van der Waals surface area (Å²) in [7, 11) is 1.36. The molecule has 4 amide bonds. The number of amides is 4. The highest BCUT2D eigenvalue weighted by Gasteiger charge is 2.42. The first-order chi connectivity index (χ1) is 19.1. The predicted molar refractivity (Wildman–Crippen MR) is 133 cm³/mol. The van der Waals surface area contributed by atoms with Crippen LogP contribution in [0.1, 0.15) is 46.3 Å². The molecule has 2 aromatic heterocycles. The molecule has 0 unspecified atom stereocenters. The summed E-state index contributed by atoms with van der Waals surface area (Å²) in [5.41, 5.74) is 0.617. The molecule has 12 nitrogen and oxygen atoms in total. The van der Waals surface area contributed by atoms with Crippen molar-refractivity contribution in [2.75, 3.05) is 32.1 Å². The zero-order chi connectivity index (χ0) is 28.9. The Balaban J connectivity index is 1.60. The number of anilines is 1. The van der Waals surface area contributed by atoms with E-state index in [-0.39, 0.29) is 29.4 Å². The van der Waals surface area contributed by atoms with Crippen molar-refractivity contribution in [3.8, 4) is 0 Å². The molecule has 1 aliphatic heterocycles. The molecule has 3 N–H and O–H groups in total. The molecular weight excluding hydrogens is 535 g/mol. The highest BCUT2D eigenvalue weighted by atomic mass is 19.3. The number of carbonyl (C=O) groups is 3. The Morgan fingerprint density at radius 2 is 2.02 bits per heavy atom. The van der Waals surface area contributed by atoms with Crippen molar-refractivity contribution in [3.63, 3.8) is 0 Å². The van der Waals surface area contributed by atoms with E-state index in [1.165, 1.54) is 43.6 Å². The van der Waals surface area contributed by atoms with E-state index in [0.717, 1.165) is 11.0 Å². The molecule has 0 bridgehead atoms. The van der Waals surface area contributed by atoms with Crippen LogP contribution in [0.4, 0.5) is 23.8 Å². The maximum absolute atomic E-state index is 14.1. The highest BCUT2D eigenvalue weighted by Crippen LogP contribution is 2.29. The molecule has 3 heterocycles. The summed E-state index contributed by atoms with van der Waals surface area (Å²) in [4.78, 5) is 43.7. The van der Waals surface area contributed by atoms with Crippen molar-refractivity contribution in [2.45, 2.75) is 31.4 Å². The minimum absolute atomic E-state index is 0.0132. The predicted octanol–water partition coefficient (Wildman–Crippen LogP) is 2.62. The molecule has 2 atom stereocenters. The Morgan fingerprint density at radius 3 is 2.75 bits per heavy atom. The lowest BCUT2D eigenvalue weighted by Gasteiger charge is -2.38. The molecule has 0 radical (unpaired) electrons. The van der Waals surface area contributed by atoms with Crippen molar-refractivity contribution in [3.05, 3.63) is 70.9 Å². The van der Waals surface area contributed by atoms with Gasteiger partial charge in [0.1, 0.15) is 23.4 Å². The van der Waals surface area contributed by atoms with Crippen LogP contribution in [-0.4, -0.2) is 70.8 Å². The molecule has 4 rings (SSSR count). The van der Waals surface area contributed by atoms with Gasteiger partial charge in [-0.25, -0.2) is 27.6 Å². The third-order valence-corrected chi connectivity index (χ3v) is 6.11. The van der Waals surface area contributed by atoms with Gasteiger partial charge in [0, 0.05) is 13.3 Å². The largest absolute Gasteiger partial charge is 0.382 e. The van der Waals surface area contributed by atoms with Crippen LogP contribution in [0.25, 0.3) is 0 Å². The summed E-state index contributed by atoms with van der Waals surface area (Å²) in [6, 6.07) is 4.95. The number of aromatic nitrogens is 3. The van der Waals surface area contributed by atoms with Crippen LogP contribution in [-0.2, 0) is 16.0 Å². The Bertz CT molecular complexity index is 1390. The lowest BCUT2D eigenvalue weighted by molar-refractivity contribution is -0.118. The monoisotopic (exact) mass is 561 g/mol. The number of hydrogen-bond donors (Lipinski definition) is 3. The Labute approximate surface area is 226 Å². The first-order valence-electron chi connectivity index (χ1n) is 12.2. The van der Waals surface area contributed by atoms with E-state index in [1.807, 2.05) is 0 Å². The number of benzene rings is 1. The molecular formula is C25H26F3N7O5. The second-order valence-corrected chi connectivity index (χ2v) is 8.95. The number of nitrogens with one attached hydrogen (secondary N) is 3. The standard InChI is InChI=1S/C25H26F3N7O5/c1-3-17-21(34-40-33-17)23(37)32-20(15-5-4-6-16(26)9-15)22(36)31-19-10-14(7-8-29-19)18(11-39-2)35-13-25(27,28)12-30-24(35)38/h4-10,18,20H,3,11-13H2,1-2H3,(H,30,38)(H,32,37)(H,29,31,36)/t18-,20+/m1/s1. The molecule has 3 aromatic rings. The van der Waals surface area contributed by atoms with Gasteiger partial charge in [-0.1, -0.05) is 24.2 Å². The third kappa shape index (κ3) is 6.54. The summed E-state index contributed by atoms with van der Waals surface area (Å²) in [6.45, 7) is 0.00380. The number of carbonyl (C=O) groups excluding carboxylic acids is 3. The van der Waals surface area contributed by atoms with E-state index in [1.54, 1.807) is 6.92 Å². The number of methoxy groups -OCH3 is 1. The molecule has 40 heavy (non-hydrogen) atoms. The van der Waals surface area contributed by atoms with Gasteiger partial charge >= 0.3 is 6.03 Å². The van der Waals surface area contributed by atoms with Crippen molar-refractivity contribution in [1.82, 2.24) is 30.8 Å². The topological polar surface area (TPSA) is 152 Å². The van der Waals surface area contributed by atoms with E-state index in [2.05, 4.69) is 35.9 Å². The van der Waals surface area contributed by atoms with Crippen LogP contribution >= 0.6 is 0 Å². The van der Waals surface area contributed by atoms with Crippen LogP contribution in [0.15, 0.2) is 47.2 Å². The SMILES string of the molecule is CCc1nonc1C(=O)N[C@H](C(=O)Nc1cc([C@@H](COC)N2CC(F)(F)CNC2=O)ccn1)c1cccc(F)c1. The van der Waals surface area contributed by atoms with Gasteiger partial charge < -0.3 is 25.6 Å². The third-order valence-electron chi connectivity index (χ3n) is 6.11. The highest BCUT2D eigenvalue weighted by molar-refractivity contribution is 6.01. The lowest BCUT2D eigenvalue weighted by Crippen LogP contribution is -2.58. The van der Waals surface area contributed by atoms with Gasteiger partial charge in [-0.3, -0.25) is 9.59 Å². The molecule has 0 spiro atoms. The molecule has 0 saturated carbocycles. The van der Waals surface area contributed by atoms with Gasteiger partial charge in [-0.2, -0.15) is 0 Å². The summed E-state index contributed by atoms with van der Waals surface area (Å²) in [5.74, 6) is -5.37. The van der Waals surface area contributed by atoms with Crippen LogP contribution in [0.3, 0.4) is 0 Å². The van der Waals surface area contributed by atoms with Crippen LogP contribution < -0.4 is 16.0 Å². The summed E-state index contributed by atoms with van der Waals surface area (Å²) in [5, 5.41) is 14.5. The minimum Gasteiger partial charge on any atom is -0.382 e. The van der Waals surface area contributed by atoms with E-state index in [4.69, 9.17) is 4.74 Å². The summed E-state index contributed by atoms with van der Waals surface area (Å²) < 4.78 is 52.0. The van der Waals surface area contributed by atoms with Crippen LogP contribution in [0.2, 0.25) is 0 Å². The first kappa shape index (κ1) is 28.5. The minimum atomic E-state index is -3.16. The van der Waals surface area contributed by atoms with E-state index in [0.29, 0.717) is 12.0 Å². The second-order valence-electron chi connectivity index (χ2n) is 8.95. The molecule has 1 fully saturated rings. The number of aryl methyl sites for hydroxylation is 1. The fourth-order valence-electron chi connectivity index (χ4n) is 4.18. The van der Waals surface area contributed by atoms with Crippen molar-refractivity contribution < 1.29 is 36.9 Å². The maximum Gasteiger partial charge on any atom is 0.318 e. The quantitative estimate of drug-likeness (QED) is 0.342. The molecule has 15 heteroatoms. The molecule has 0 aliphatic carbocycles. The van der Waals surface area contributed by atoms with Gasteiger partial charge in [0.05, 0.1) is 25.7 Å². The fraction of sp³-hybridized carbons (Fsp3) is 0.360. The number of ether oxygens (including phenoxy) is 1. The van der Waals surface area contributed by atoms with Gasteiger partial charge in [-0.15, -0.1) is 0 Å². The summed E-state index contributed by atoms with van der Waals surface area (Å²) >= 11 is 0. The molecule has 1 saturated heterocycles. The van der Waals surface area contributed by atoms with Crippen molar-refractivity contribution >= 4 is 23.7 Å². The molecule has 1 aliphatic rings. The molecule has 212 valence electrons. The Hall–Kier alpha value is -4.53. The number of rotatable bonds is 10. The van der Waals surface area contributed by atoms with Crippen molar-refractivity contribution in [2.24, 2.45) is 0 Å². The lowest BCUT2D eigenvalue weighted by atomic mass is 10.0. The second kappa shape index (κ2) is 12.1. The van der Waals surface area contributed by atoms with Gasteiger partial charge in [0.15, 0.2) is 5.69 Å². The van der Waals surface area contributed by atoms with E-state index < -0.39 is 54.8 Å². The molecule has 1 aromatic carbocycles. The van der Waals surface area contributed by atoms with Gasteiger partial charge in [0.25, 0.3) is 17.7 Å². The average Bonchev–Trinajstić information content (AvgIpc) is 3.41. The average molecular weight is 562 g/mol. The Kier molecular flexibility index (Phi) is 8.62. The van der Waals surface area contributed by atoms with Gasteiger partial charge in [-0.05, 0) is 47.0 Å². The van der Waals surface area contributed by atoms with Crippen LogP contribution in [0, 0.1) is 5.82 Å².